The molecule has 0 atom stereocenters. The van der Waals surface area contributed by atoms with Gasteiger partial charge in [-0.15, -0.1) is 24.0 Å². The summed E-state index contributed by atoms with van der Waals surface area (Å²) < 4.78 is 12.9. The SMILES string of the molecule is CCNC(=NCCCOCC1CCOCC1)N(C)Cc1ncnn1C.I. The van der Waals surface area contributed by atoms with Crippen LogP contribution in [0.4, 0.5) is 0 Å². The molecule has 2 heterocycles. The lowest BCUT2D eigenvalue weighted by molar-refractivity contribution is 0.0205. The molecule has 0 aliphatic carbocycles. The highest BCUT2D eigenvalue weighted by atomic mass is 127. The molecule has 0 amide bonds. The Morgan fingerprint density at radius 2 is 2.23 bits per heavy atom. The molecule has 26 heavy (non-hydrogen) atoms. The van der Waals surface area contributed by atoms with E-state index in [2.05, 4.69) is 32.2 Å². The highest BCUT2D eigenvalue weighted by Gasteiger charge is 2.13. The largest absolute Gasteiger partial charge is 0.381 e. The second-order valence-electron chi connectivity index (χ2n) is 6.38. The number of rotatable bonds is 9. The number of nitrogens with one attached hydrogen (secondary N) is 1. The summed E-state index contributed by atoms with van der Waals surface area (Å²) in [6.45, 7) is 7.68. The minimum absolute atomic E-state index is 0. The van der Waals surface area contributed by atoms with Crippen LogP contribution >= 0.6 is 24.0 Å². The molecule has 1 aromatic heterocycles. The molecule has 1 aliphatic heterocycles. The summed E-state index contributed by atoms with van der Waals surface area (Å²) in [5.41, 5.74) is 0. The maximum atomic E-state index is 5.80. The average Bonchev–Trinajstić information content (AvgIpc) is 3.02. The fraction of sp³-hybridized carbons (Fsp3) is 0.824. The van der Waals surface area contributed by atoms with Gasteiger partial charge < -0.3 is 19.7 Å². The fourth-order valence-corrected chi connectivity index (χ4v) is 2.73. The standard InChI is InChI=1S/C17H32N6O2.HI/c1-4-18-17(22(2)12-16-20-14-21-23(16)3)19-8-5-9-25-13-15-6-10-24-11-7-15;/h14-15H,4-13H2,1-3H3,(H,18,19);1H. The van der Waals surface area contributed by atoms with Crippen LogP contribution in [0.5, 0.6) is 0 Å². The summed E-state index contributed by atoms with van der Waals surface area (Å²) in [5, 5.41) is 7.42. The molecule has 1 fully saturated rings. The number of guanidine groups is 1. The van der Waals surface area contributed by atoms with E-state index >= 15 is 0 Å². The Kier molecular flexibility index (Phi) is 11.8. The van der Waals surface area contributed by atoms with Gasteiger partial charge in [0.05, 0.1) is 6.54 Å². The number of aryl methyl sites for hydroxylation is 1. The van der Waals surface area contributed by atoms with Crippen LogP contribution in [0.1, 0.15) is 32.0 Å². The molecule has 0 spiro atoms. The van der Waals surface area contributed by atoms with Gasteiger partial charge in [0.25, 0.3) is 0 Å². The second-order valence-corrected chi connectivity index (χ2v) is 6.38. The van der Waals surface area contributed by atoms with Crippen molar-refractivity contribution < 1.29 is 9.47 Å². The molecule has 9 heteroatoms. The Morgan fingerprint density at radius 3 is 2.88 bits per heavy atom. The van der Waals surface area contributed by atoms with Crippen molar-refractivity contribution in [1.29, 1.82) is 0 Å². The van der Waals surface area contributed by atoms with E-state index in [0.717, 1.165) is 70.6 Å². The molecule has 2 rings (SSSR count). The van der Waals surface area contributed by atoms with Crippen molar-refractivity contribution >= 4 is 29.9 Å². The Morgan fingerprint density at radius 1 is 1.46 bits per heavy atom. The van der Waals surface area contributed by atoms with E-state index in [0.29, 0.717) is 12.5 Å². The van der Waals surface area contributed by atoms with E-state index in [-0.39, 0.29) is 24.0 Å². The predicted octanol–water partition coefficient (Wildman–Crippen LogP) is 1.66. The lowest BCUT2D eigenvalue weighted by atomic mass is 10.0. The van der Waals surface area contributed by atoms with Crippen LogP contribution in [-0.4, -0.2) is 72.2 Å². The van der Waals surface area contributed by atoms with E-state index in [1.165, 1.54) is 0 Å². The van der Waals surface area contributed by atoms with Crippen LogP contribution < -0.4 is 5.32 Å². The monoisotopic (exact) mass is 480 g/mol. The summed E-state index contributed by atoms with van der Waals surface area (Å²) in [6, 6.07) is 0. The summed E-state index contributed by atoms with van der Waals surface area (Å²) >= 11 is 0. The predicted molar refractivity (Wildman–Crippen MR) is 113 cm³/mol. The number of halogens is 1. The smallest absolute Gasteiger partial charge is 0.194 e. The van der Waals surface area contributed by atoms with Gasteiger partial charge in [-0.05, 0) is 32.1 Å². The van der Waals surface area contributed by atoms with Crippen molar-refractivity contribution in [3.63, 3.8) is 0 Å². The van der Waals surface area contributed by atoms with E-state index in [1.54, 1.807) is 11.0 Å². The van der Waals surface area contributed by atoms with Gasteiger partial charge in [-0.3, -0.25) is 9.67 Å². The first-order chi connectivity index (χ1) is 12.2. The third-order valence-corrected chi connectivity index (χ3v) is 4.28. The van der Waals surface area contributed by atoms with Crippen molar-refractivity contribution in [2.75, 3.05) is 46.6 Å². The topological polar surface area (TPSA) is 76.8 Å². The van der Waals surface area contributed by atoms with Crippen molar-refractivity contribution in [2.45, 2.75) is 32.7 Å². The van der Waals surface area contributed by atoms with Crippen molar-refractivity contribution in [1.82, 2.24) is 25.0 Å². The lowest BCUT2D eigenvalue weighted by Crippen LogP contribution is -2.39. The van der Waals surface area contributed by atoms with Crippen LogP contribution in [0.2, 0.25) is 0 Å². The van der Waals surface area contributed by atoms with Crippen LogP contribution in [0.15, 0.2) is 11.3 Å². The molecule has 1 aliphatic rings. The van der Waals surface area contributed by atoms with E-state index in [4.69, 9.17) is 9.47 Å². The van der Waals surface area contributed by atoms with E-state index in [9.17, 15) is 0 Å². The van der Waals surface area contributed by atoms with Gasteiger partial charge in [0.15, 0.2) is 5.96 Å². The molecule has 1 N–H and O–H groups in total. The summed E-state index contributed by atoms with van der Waals surface area (Å²) in [7, 11) is 3.91. The number of aliphatic imine (C=N–C) groups is 1. The van der Waals surface area contributed by atoms with Gasteiger partial charge in [-0.2, -0.15) is 5.10 Å². The van der Waals surface area contributed by atoms with E-state index < -0.39 is 0 Å². The number of aromatic nitrogens is 3. The summed E-state index contributed by atoms with van der Waals surface area (Å²) in [6.07, 6.45) is 4.74. The molecule has 0 unspecified atom stereocenters. The number of ether oxygens (including phenoxy) is 2. The van der Waals surface area contributed by atoms with Crippen LogP contribution in [-0.2, 0) is 23.1 Å². The lowest BCUT2D eigenvalue weighted by Gasteiger charge is -2.22. The second kappa shape index (κ2) is 13.3. The zero-order valence-corrected chi connectivity index (χ0v) is 18.5. The first kappa shape index (κ1) is 23.1. The number of nitrogens with zero attached hydrogens (tertiary/aromatic N) is 5. The normalized spacial score (nSPS) is 15.6. The van der Waals surface area contributed by atoms with Gasteiger partial charge in [0.1, 0.15) is 12.2 Å². The Labute approximate surface area is 173 Å². The van der Waals surface area contributed by atoms with Gasteiger partial charge in [-0.25, -0.2) is 4.98 Å². The van der Waals surface area contributed by atoms with Crippen LogP contribution in [0.25, 0.3) is 0 Å². The molecular weight excluding hydrogens is 447 g/mol. The molecular formula is C17H33IN6O2. The summed E-state index contributed by atoms with van der Waals surface area (Å²) in [5.74, 6) is 2.45. The van der Waals surface area contributed by atoms with E-state index in [1.807, 2.05) is 14.1 Å². The molecule has 1 aromatic rings. The van der Waals surface area contributed by atoms with Crippen molar-refractivity contribution in [3.8, 4) is 0 Å². The molecule has 8 nitrogen and oxygen atoms in total. The Balaban J connectivity index is 0.00000338. The zero-order valence-electron chi connectivity index (χ0n) is 16.2. The molecule has 0 aromatic carbocycles. The Hall–Kier alpha value is -0.940. The zero-order chi connectivity index (χ0) is 17.9. The molecule has 0 saturated carbocycles. The maximum Gasteiger partial charge on any atom is 0.194 e. The van der Waals surface area contributed by atoms with Crippen molar-refractivity contribution in [2.24, 2.45) is 18.0 Å². The quantitative estimate of drug-likeness (QED) is 0.251. The molecule has 150 valence electrons. The minimum Gasteiger partial charge on any atom is -0.381 e. The minimum atomic E-state index is 0. The van der Waals surface area contributed by atoms with Gasteiger partial charge in [-0.1, -0.05) is 0 Å². The molecule has 0 radical (unpaired) electrons. The maximum absolute atomic E-state index is 5.80. The third-order valence-electron chi connectivity index (χ3n) is 4.28. The molecule has 0 bridgehead atoms. The average molecular weight is 480 g/mol. The fourth-order valence-electron chi connectivity index (χ4n) is 2.73. The first-order valence-electron chi connectivity index (χ1n) is 9.18. The highest BCUT2D eigenvalue weighted by molar-refractivity contribution is 14.0. The molecule has 1 saturated heterocycles. The number of hydrogen-bond donors (Lipinski definition) is 1. The van der Waals surface area contributed by atoms with Gasteiger partial charge >= 0.3 is 0 Å². The highest BCUT2D eigenvalue weighted by Crippen LogP contribution is 2.14. The third kappa shape index (κ3) is 8.17. The van der Waals surface area contributed by atoms with Crippen LogP contribution in [0, 0.1) is 5.92 Å². The van der Waals surface area contributed by atoms with Crippen LogP contribution in [0.3, 0.4) is 0 Å². The first-order valence-corrected chi connectivity index (χ1v) is 9.18. The van der Waals surface area contributed by atoms with Crippen molar-refractivity contribution in [3.05, 3.63) is 12.2 Å². The van der Waals surface area contributed by atoms with Gasteiger partial charge in [0, 0.05) is 53.6 Å². The summed E-state index contributed by atoms with van der Waals surface area (Å²) in [4.78, 5) is 11.0. The number of hydrogen-bond acceptors (Lipinski definition) is 5. The van der Waals surface area contributed by atoms with Gasteiger partial charge in [0.2, 0.25) is 0 Å². The Bertz CT molecular complexity index is 519.